The van der Waals surface area contributed by atoms with Crippen LogP contribution in [0.1, 0.15) is 6.92 Å². The zero-order chi connectivity index (χ0) is 11.8. The third-order valence-corrected chi connectivity index (χ3v) is 1.57. The second kappa shape index (κ2) is 22.9. The van der Waals surface area contributed by atoms with E-state index in [1.807, 2.05) is 0 Å². The number of amides is 2. The maximum absolute atomic E-state index is 10.6. The molecule has 4 nitrogen and oxygen atoms in total. The molecule has 6 heteroatoms. The van der Waals surface area contributed by atoms with Crippen LogP contribution in [0.15, 0.2) is 6.58 Å². The molecule has 2 amide bonds. The molecule has 2 N–H and O–H groups in total. The number of carbonyl (C=O) groups excluding carboxylic acids is 1. The predicted octanol–water partition coefficient (Wildman–Crippen LogP) is 0.168. The summed E-state index contributed by atoms with van der Waals surface area (Å²) in [6.07, 6.45) is 3.37. The van der Waals surface area contributed by atoms with Crippen LogP contribution >= 0.6 is 0 Å². The van der Waals surface area contributed by atoms with Crippen LogP contribution in [0, 0.1) is 13.0 Å². The van der Waals surface area contributed by atoms with Gasteiger partial charge in [0.05, 0.1) is 0 Å². The van der Waals surface area contributed by atoms with Gasteiger partial charge in [0.2, 0.25) is 0 Å². The standard InChI is InChI=1S/C5H13N2OSi.C3H5.Co.O/c1-3-6-5(8)7-4-9-2;1-3-2;;/h1,3-4,9H2,2H3,(H2,6,7,8);1H2,2H3;;/q2*-1;;. The van der Waals surface area contributed by atoms with Gasteiger partial charge in [0, 0.05) is 15.7 Å². The van der Waals surface area contributed by atoms with Gasteiger partial charge in [-0.05, 0) is 0 Å². The summed E-state index contributed by atoms with van der Waals surface area (Å²) in [6, 6.07) is -0.0978. The number of carbonyl (C=O) groups is 1. The Morgan fingerprint density at radius 3 is 2.29 bits per heavy atom. The van der Waals surface area contributed by atoms with Crippen LogP contribution in [-0.2, 0) is 19.5 Å². The van der Waals surface area contributed by atoms with Crippen molar-refractivity contribution < 1.29 is 24.3 Å². The van der Waals surface area contributed by atoms with Crippen molar-refractivity contribution in [1.29, 1.82) is 0 Å². The van der Waals surface area contributed by atoms with Crippen LogP contribution in [0.5, 0.6) is 0 Å². The van der Waals surface area contributed by atoms with Crippen molar-refractivity contribution in [3.05, 3.63) is 19.6 Å². The first kappa shape index (κ1) is 19.2. The van der Waals surface area contributed by atoms with Gasteiger partial charge in [-0.3, -0.25) is 6.58 Å². The van der Waals surface area contributed by atoms with Crippen molar-refractivity contribution in [2.75, 3.05) is 12.7 Å². The minimum atomic E-state index is -0.0978. The van der Waals surface area contributed by atoms with E-state index >= 15 is 0 Å². The van der Waals surface area contributed by atoms with Crippen molar-refractivity contribution in [3.63, 3.8) is 0 Å². The molecule has 0 radical (unpaired) electrons. The summed E-state index contributed by atoms with van der Waals surface area (Å²) >= 11 is 2.31. The van der Waals surface area contributed by atoms with Gasteiger partial charge in [-0.2, -0.15) is 6.92 Å². The summed E-state index contributed by atoms with van der Waals surface area (Å²) in [4.78, 5) is 10.6. The molecule has 0 aromatic carbocycles. The Bertz CT molecular complexity index is 137. The molecule has 0 spiro atoms. The Balaban J connectivity index is -0.000000205. The van der Waals surface area contributed by atoms with Crippen LogP contribution in [-0.4, -0.2) is 28.3 Å². The first-order chi connectivity index (χ1) is 6.72. The zero-order valence-electron chi connectivity index (χ0n) is 8.69. The molecule has 0 fully saturated rings. The van der Waals surface area contributed by atoms with Gasteiger partial charge < -0.3 is 23.6 Å². The van der Waals surface area contributed by atoms with E-state index in [2.05, 4.69) is 52.4 Å². The fourth-order valence-electron chi connectivity index (χ4n) is 0.415. The fraction of sp³-hybridized carbons (Fsp3) is 0.500. The van der Waals surface area contributed by atoms with Crippen molar-refractivity contribution in [3.8, 4) is 0 Å². The van der Waals surface area contributed by atoms with E-state index in [1.165, 1.54) is 0 Å². The van der Waals surface area contributed by atoms with E-state index < -0.39 is 0 Å². The van der Waals surface area contributed by atoms with E-state index in [9.17, 15) is 4.79 Å². The monoisotopic (exact) mass is 261 g/mol. The third-order valence-electron chi connectivity index (χ3n) is 0.821. The van der Waals surface area contributed by atoms with Gasteiger partial charge in [0.15, 0.2) is 0 Å². The Kier molecular flexibility index (Phi) is 31.3. The summed E-state index contributed by atoms with van der Waals surface area (Å²) in [6.45, 7) is 11.1. The Morgan fingerprint density at radius 1 is 1.57 bits per heavy atom. The first-order valence-electron chi connectivity index (χ1n) is 4.11. The van der Waals surface area contributed by atoms with E-state index in [-0.39, 0.29) is 15.6 Å². The van der Waals surface area contributed by atoms with Gasteiger partial charge in [-0.1, -0.05) is 6.55 Å². The van der Waals surface area contributed by atoms with Crippen LogP contribution in [0.2, 0.25) is 6.55 Å². The molecule has 0 saturated heterocycles. The molecule has 87 valence electrons. The number of urea groups is 1. The number of nitrogens with one attached hydrogen (secondary N) is 2. The minimum absolute atomic E-state index is 0.0381. The summed E-state index contributed by atoms with van der Waals surface area (Å²) < 4.78 is 7.94. The summed E-state index contributed by atoms with van der Waals surface area (Å²) in [5, 5.41) is 5.25. The number of allylic oxidation sites excluding steroid dienone is 1. The SMILES string of the molecule is C=[C-]C.[CH2-]CNC(=O)NC[SiH2]C.[O]=[Co]. The quantitative estimate of drug-likeness (QED) is 0.562. The normalized spacial score (nSPS) is 7.71. The molecule has 0 bridgehead atoms. The molecule has 0 atom stereocenters. The predicted molar refractivity (Wildman–Crippen MR) is 56.4 cm³/mol. The Hall–Kier alpha value is -0.467. The molecule has 0 saturated carbocycles. The number of hydrogen-bond donors (Lipinski definition) is 2. The topological polar surface area (TPSA) is 58.2 Å². The van der Waals surface area contributed by atoms with E-state index in [0.717, 1.165) is 6.17 Å². The molecule has 14 heavy (non-hydrogen) atoms. The maximum atomic E-state index is 10.6. The van der Waals surface area contributed by atoms with Crippen LogP contribution in [0.4, 0.5) is 4.79 Å². The van der Waals surface area contributed by atoms with E-state index in [0.29, 0.717) is 6.54 Å². The zero-order valence-corrected chi connectivity index (χ0v) is 11.1. The summed E-state index contributed by atoms with van der Waals surface area (Å²) in [7, 11) is -0.0381. The van der Waals surface area contributed by atoms with Gasteiger partial charge in [0.1, 0.15) is 0 Å². The van der Waals surface area contributed by atoms with Crippen LogP contribution < -0.4 is 10.6 Å². The van der Waals surface area contributed by atoms with Crippen LogP contribution in [0.25, 0.3) is 0 Å². The van der Waals surface area contributed by atoms with Crippen molar-refractivity contribution in [2.24, 2.45) is 0 Å². The second-order valence-corrected chi connectivity index (χ2v) is 3.54. The van der Waals surface area contributed by atoms with Crippen molar-refractivity contribution in [1.82, 2.24) is 10.6 Å². The van der Waals surface area contributed by atoms with Crippen molar-refractivity contribution >= 4 is 15.6 Å². The summed E-state index contributed by atoms with van der Waals surface area (Å²) in [5.74, 6) is 0. The van der Waals surface area contributed by atoms with Gasteiger partial charge in [0.25, 0.3) is 0 Å². The Labute approximate surface area is 96.5 Å². The van der Waals surface area contributed by atoms with Crippen LogP contribution in [0.3, 0.4) is 0 Å². The molecule has 0 heterocycles. The molecular formula is C8H18CoN2O2Si-2. The second-order valence-electron chi connectivity index (χ2n) is 2.04. The van der Waals surface area contributed by atoms with E-state index in [4.69, 9.17) is 3.87 Å². The molecule has 0 rings (SSSR count). The van der Waals surface area contributed by atoms with Gasteiger partial charge in [-0.15, -0.1) is 6.54 Å². The Morgan fingerprint density at radius 2 is 2.00 bits per heavy atom. The van der Waals surface area contributed by atoms with Gasteiger partial charge in [-0.25, -0.2) is 4.79 Å². The molecule has 0 unspecified atom stereocenters. The number of rotatable bonds is 3. The molecule has 0 aliphatic heterocycles. The molecule has 0 aromatic rings. The average Bonchev–Trinajstić information content (AvgIpc) is 2.20. The van der Waals surface area contributed by atoms with Gasteiger partial charge >= 0.3 is 25.6 Å². The third kappa shape index (κ3) is 30.0. The number of hydrogen-bond acceptors (Lipinski definition) is 2. The molecule has 0 aliphatic rings. The molecule has 0 aliphatic carbocycles. The average molecular weight is 261 g/mol. The van der Waals surface area contributed by atoms with E-state index in [1.54, 1.807) is 6.92 Å². The fourth-order valence-corrected chi connectivity index (χ4v) is 0.892. The molecule has 0 aromatic heterocycles. The van der Waals surface area contributed by atoms with Crippen molar-refractivity contribution in [2.45, 2.75) is 13.5 Å². The first-order valence-corrected chi connectivity index (χ1v) is 6.95. The summed E-state index contributed by atoms with van der Waals surface area (Å²) in [5.41, 5.74) is 0. The molecular weight excluding hydrogens is 243 g/mol.